The number of carbonyl (C=O) groups is 2. The van der Waals surface area contributed by atoms with Crippen molar-refractivity contribution in [3.63, 3.8) is 0 Å². The molecule has 0 aromatic heterocycles. The van der Waals surface area contributed by atoms with Crippen LogP contribution in [0.2, 0.25) is 0 Å². The van der Waals surface area contributed by atoms with E-state index in [0.29, 0.717) is 17.6 Å². The van der Waals surface area contributed by atoms with Gasteiger partial charge in [-0.1, -0.05) is 0 Å². The highest BCUT2D eigenvalue weighted by atomic mass is 79.9. The minimum atomic E-state index is -0.981. The highest BCUT2D eigenvalue weighted by Gasteiger charge is 2.13. The molecule has 0 radical (unpaired) electrons. The molecule has 0 unspecified atom stereocenters. The Morgan fingerprint density at radius 2 is 2.05 bits per heavy atom. The maximum absolute atomic E-state index is 11.6. The van der Waals surface area contributed by atoms with Gasteiger partial charge in [-0.05, 0) is 48.0 Å². The highest BCUT2D eigenvalue weighted by Crippen LogP contribution is 2.24. The van der Waals surface area contributed by atoms with Crippen molar-refractivity contribution < 1.29 is 14.7 Å². The van der Waals surface area contributed by atoms with E-state index in [9.17, 15) is 9.59 Å². The number of carboxylic acid groups (broad SMARTS) is 1. The SMILES string of the molecule is CCNC(=O)CN(CC)c1ccc(C(=O)O)c(Br)c1. The molecule has 0 aliphatic rings. The van der Waals surface area contributed by atoms with Gasteiger partial charge in [0.25, 0.3) is 0 Å². The molecule has 2 N–H and O–H groups in total. The second kappa shape index (κ2) is 7.13. The van der Waals surface area contributed by atoms with Crippen molar-refractivity contribution in [1.82, 2.24) is 5.32 Å². The monoisotopic (exact) mass is 328 g/mol. The first-order valence-electron chi connectivity index (χ1n) is 6.04. The van der Waals surface area contributed by atoms with Crippen molar-refractivity contribution in [3.8, 4) is 0 Å². The number of halogens is 1. The second-order valence-corrected chi connectivity index (χ2v) is 4.79. The number of aromatic carboxylic acids is 1. The third-order valence-electron chi connectivity index (χ3n) is 2.64. The number of carbonyl (C=O) groups excluding carboxylic acids is 1. The van der Waals surface area contributed by atoms with E-state index in [-0.39, 0.29) is 18.0 Å². The van der Waals surface area contributed by atoms with Crippen molar-refractivity contribution >= 4 is 33.5 Å². The van der Waals surface area contributed by atoms with Crippen LogP contribution in [0.1, 0.15) is 24.2 Å². The first-order chi connectivity index (χ1) is 8.99. The van der Waals surface area contributed by atoms with Crippen LogP contribution in [-0.2, 0) is 4.79 Å². The molecule has 0 spiro atoms. The predicted molar refractivity (Wildman–Crippen MR) is 77.7 cm³/mol. The summed E-state index contributed by atoms with van der Waals surface area (Å²) in [7, 11) is 0. The zero-order chi connectivity index (χ0) is 14.4. The van der Waals surface area contributed by atoms with E-state index >= 15 is 0 Å². The number of hydrogen-bond donors (Lipinski definition) is 2. The largest absolute Gasteiger partial charge is 0.478 e. The molecule has 0 saturated carbocycles. The van der Waals surface area contributed by atoms with E-state index in [2.05, 4.69) is 21.2 Å². The molecule has 1 aromatic rings. The summed E-state index contributed by atoms with van der Waals surface area (Å²) in [5.41, 5.74) is 1.02. The van der Waals surface area contributed by atoms with E-state index < -0.39 is 5.97 Å². The van der Waals surface area contributed by atoms with Crippen LogP contribution in [0, 0.1) is 0 Å². The molecule has 0 fully saturated rings. The number of nitrogens with zero attached hydrogens (tertiary/aromatic N) is 1. The maximum Gasteiger partial charge on any atom is 0.336 e. The fourth-order valence-corrected chi connectivity index (χ4v) is 2.22. The minimum absolute atomic E-state index is 0.0530. The molecule has 1 amide bonds. The van der Waals surface area contributed by atoms with Crippen molar-refractivity contribution in [2.75, 3.05) is 24.5 Å². The van der Waals surface area contributed by atoms with Crippen molar-refractivity contribution in [2.45, 2.75) is 13.8 Å². The maximum atomic E-state index is 11.6. The molecule has 1 rings (SSSR count). The Labute approximate surface area is 120 Å². The summed E-state index contributed by atoms with van der Waals surface area (Å²) >= 11 is 3.23. The number of hydrogen-bond acceptors (Lipinski definition) is 3. The molecule has 0 aliphatic heterocycles. The van der Waals surface area contributed by atoms with Crippen molar-refractivity contribution in [1.29, 1.82) is 0 Å². The van der Waals surface area contributed by atoms with E-state index in [4.69, 9.17) is 5.11 Å². The average molecular weight is 329 g/mol. The molecule has 0 saturated heterocycles. The standard InChI is InChI=1S/C13H17BrN2O3/c1-3-15-12(17)8-16(4-2)9-5-6-10(13(18)19)11(14)7-9/h5-7H,3-4,8H2,1-2H3,(H,15,17)(H,18,19). The lowest BCUT2D eigenvalue weighted by molar-refractivity contribution is -0.119. The number of benzene rings is 1. The van der Waals surface area contributed by atoms with Gasteiger partial charge >= 0.3 is 5.97 Å². The number of carboxylic acids is 1. The second-order valence-electron chi connectivity index (χ2n) is 3.94. The number of likely N-dealkylation sites (N-methyl/N-ethyl adjacent to an activating group) is 2. The smallest absolute Gasteiger partial charge is 0.336 e. The number of rotatable bonds is 6. The van der Waals surface area contributed by atoms with Crippen molar-refractivity contribution in [2.24, 2.45) is 0 Å². The van der Waals surface area contributed by atoms with Crippen molar-refractivity contribution in [3.05, 3.63) is 28.2 Å². The van der Waals surface area contributed by atoms with Crippen LogP contribution in [0.5, 0.6) is 0 Å². The van der Waals surface area contributed by atoms with Crippen LogP contribution < -0.4 is 10.2 Å². The Balaban J connectivity index is 2.90. The molecule has 0 aliphatic carbocycles. The first-order valence-corrected chi connectivity index (χ1v) is 6.83. The summed E-state index contributed by atoms with van der Waals surface area (Å²) in [6, 6.07) is 4.95. The van der Waals surface area contributed by atoms with E-state index in [1.54, 1.807) is 12.1 Å². The van der Waals surface area contributed by atoms with Crippen LogP contribution in [0.3, 0.4) is 0 Å². The minimum Gasteiger partial charge on any atom is -0.478 e. The fraction of sp³-hybridized carbons (Fsp3) is 0.385. The topological polar surface area (TPSA) is 69.6 Å². The summed E-state index contributed by atoms with van der Waals surface area (Å²) in [4.78, 5) is 24.4. The molecule has 0 atom stereocenters. The molecule has 0 bridgehead atoms. The number of amides is 1. The lowest BCUT2D eigenvalue weighted by atomic mass is 10.2. The summed E-state index contributed by atoms with van der Waals surface area (Å²) in [6.07, 6.45) is 0. The molecule has 104 valence electrons. The number of anilines is 1. The molecular weight excluding hydrogens is 312 g/mol. The average Bonchev–Trinajstić information content (AvgIpc) is 2.35. The summed E-state index contributed by atoms with van der Waals surface area (Å²) < 4.78 is 0.506. The highest BCUT2D eigenvalue weighted by molar-refractivity contribution is 9.10. The van der Waals surface area contributed by atoms with Gasteiger partial charge in [-0.15, -0.1) is 0 Å². The van der Waals surface area contributed by atoms with Gasteiger partial charge in [0, 0.05) is 23.2 Å². The summed E-state index contributed by atoms with van der Waals surface area (Å²) in [5.74, 6) is -1.03. The van der Waals surface area contributed by atoms with Gasteiger partial charge in [-0.2, -0.15) is 0 Å². The van der Waals surface area contributed by atoms with Gasteiger partial charge < -0.3 is 15.3 Å². The molecule has 19 heavy (non-hydrogen) atoms. The molecule has 6 heteroatoms. The van der Waals surface area contributed by atoms with Crippen LogP contribution in [0.15, 0.2) is 22.7 Å². The Morgan fingerprint density at radius 3 is 2.53 bits per heavy atom. The predicted octanol–water partition coefficient (Wildman–Crippen LogP) is 2.11. The van der Waals surface area contributed by atoms with Gasteiger partial charge in [0.2, 0.25) is 5.91 Å². The lowest BCUT2D eigenvalue weighted by Crippen LogP contribution is -2.37. The van der Waals surface area contributed by atoms with Gasteiger partial charge in [-0.25, -0.2) is 4.79 Å². The molecule has 1 aromatic carbocycles. The van der Waals surface area contributed by atoms with E-state index in [0.717, 1.165) is 5.69 Å². The van der Waals surface area contributed by atoms with Gasteiger partial charge in [0.05, 0.1) is 12.1 Å². The van der Waals surface area contributed by atoms with Crippen LogP contribution in [-0.4, -0.2) is 36.6 Å². The van der Waals surface area contributed by atoms with Gasteiger partial charge in [-0.3, -0.25) is 4.79 Å². The Bertz CT molecular complexity index is 477. The molecule has 5 nitrogen and oxygen atoms in total. The van der Waals surface area contributed by atoms with E-state index in [1.807, 2.05) is 18.7 Å². The summed E-state index contributed by atoms with van der Waals surface area (Å²) in [5, 5.41) is 11.7. The van der Waals surface area contributed by atoms with E-state index in [1.165, 1.54) is 6.07 Å². The van der Waals surface area contributed by atoms with Gasteiger partial charge in [0.15, 0.2) is 0 Å². The molecule has 0 heterocycles. The van der Waals surface area contributed by atoms with Gasteiger partial charge in [0.1, 0.15) is 0 Å². The Kier molecular flexibility index (Phi) is 5.82. The summed E-state index contributed by atoms with van der Waals surface area (Å²) in [6.45, 7) is 5.32. The third-order valence-corrected chi connectivity index (χ3v) is 3.29. The Hall–Kier alpha value is -1.56. The van der Waals surface area contributed by atoms with Crippen LogP contribution in [0.4, 0.5) is 5.69 Å². The molecular formula is C13H17BrN2O3. The van der Waals surface area contributed by atoms with Crippen LogP contribution in [0.25, 0.3) is 0 Å². The quantitative estimate of drug-likeness (QED) is 0.839. The zero-order valence-electron chi connectivity index (χ0n) is 10.9. The first kappa shape index (κ1) is 15.5. The van der Waals surface area contributed by atoms with Crippen LogP contribution >= 0.6 is 15.9 Å². The number of nitrogens with one attached hydrogen (secondary N) is 1. The lowest BCUT2D eigenvalue weighted by Gasteiger charge is -2.22. The Morgan fingerprint density at radius 1 is 1.37 bits per heavy atom. The zero-order valence-corrected chi connectivity index (χ0v) is 12.5. The fourth-order valence-electron chi connectivity index (χ4n) is 1.69. The normalized spacial score (nSPS) is 10.1. The third kappa shape index (κ3) is 4.24.